The summed E-state index contributed by atoms with van der Waals surface area (Å²) in [5.74, 6) is 0.710. The van der Waals surface area contributed by atoms with Crippen LogP contribution >= 0.6 is 0 Å². The van der Waals surface area contributed by atoms with Gasteiger partial charge < -0.3 is 10.5 Å². The second-order valence-corrected chi connectivity index (χ2v) is 11.4. The van der Waals surface area contributed by atoms with Crippen molar-refractivity contribution in [2.45, 2.75) is 128 Å². The first-order chi connectivity index (χ1) is 22.3. The van der Waals surface area contributed by atoms with Gasteiger partial charge in [-0.2, -0.15) is 0 Å². The molecule has 0 spiro atoms. The first-order valence-electron chi connectivity index (χ1n) is 17.3. The quantitative estimate of drug-likeness (QED) is 0.166. The molecule has 2 aromatic carbocycles. The minimum absolute atomic E-state index is 0.0828. The highest BCUT2D eigenvalue weighted by Crippen LogP contribution is 2.24. The molecule has 0 fully saturated rings. The number of hydrogen-bond donors (Lipinski definition) is 1. The summed E-state index contributed by atoms with van der Waals surface area (Å²) in [4.78, 5) is 14.9. The number of benzene rings is 2. The minimum atomic E-state index is -0.208. The Bertz CT molecular complexity index is 1330. The van der Waals surface area contributed by atoms with Crippen molar-refractivity contribution in [1.29, 1.82) is 0 Å². The first-order valence-corrected chi connectivity index (χ1v) is 17.3. The Morgan fingerprint density at radius 1 is 0.979 bits per heavy atom. The number of pyridine rings is 1. The molecule has 1 atom stereocenters. The number of allylic oxidation sites excluding steroid dienone is 2. The lowest BCUT2D eigenvalue weighted by Crippen LogP contribution is -2.17. The molecule has 3 aromatic rings. The summed E-state index contributed by atoms with van der Waals surface area (Å²) >= 11 is 0. The van der Waals surface area contributed by atoms with Crippen molar-refractivity contribution in [2.75, 3.05) is 6.61 Å². The van der Waals surface area contributed by atoms with E-state index in [1.807, 2.05) is 53.7 Å². The molecular formula is C42H65FN2O2. The van der Waals surface area contributed by atoms with Crippen LogP contribution in [0.4, 0.5) is 4.39 Å². The van der Waals surface area contributed by atoms with Crippen LogP contribution in [0.25, 0.3) is 6.08 Å². The number of aryl methyl sites for hydroxylation is 3. The zero-order chi connectivity index (χ0) is 36.4. The Balaban J connectivity index is 0. The number of carbonyl (C=O) groups excluding carboxylic acids is 1. The fraction of sp³-hybridized carbons (Fsp3) is 0.476. The zero-order valence-corrected chi connectivity index (χ0v) is 31.7. The summed E-state index contributed by atoms with van der Waals surface area (Å²) in [6.07, 6.45) is 11.6. The lowest BCUT2D eigenvalue weighted by atomic mass is 10.0. The minimum Gasteiger partial charge on any atom is -0.493 e. The molecule has 0 bridgehead atoms. The van der Waals surface area contributed by atoms with Crippen LogP contribution in [0.15, 0.2) is 72.6 Å². The third kappa shape index (κ3) is 20.3. The van der Waals surface area contributed by atoms with Crippen molar-refractivity contribution < 1.29 is 13.9 Å². The Kier molecular flexibility index (Phi) is 26.7. The summed E-state index contributed by atoms with van der Waals surface area (Å²) in [5, 5.41) is 0. The molecule has 1 aromatic heterocycles. The van der Waals surface area contributed by atoms with E-state index in [0.717, 1.165) is 52.8 Å². The largest absolute Gasteiger partial charge is 0.493 e. The van der Waals surface area contributed by atoms with Gasteiger partial charge in [-0.3, -0.25) is 9.78 Å². The van der Waals surface area contributed by atoms with E-state index in [-0.39, 0.29) is 11.6 Å². The Labute approximate surface area is 287 Å². The topological polar surface area (TPSA) is 65.2 Å². The molecule has 2 N–H and O–H groups in total. The molecule has 0 saturated heterocycles. The van der Waals surface area contributed by atoms with Gasteiger partial charge in [0.1, 0.15) is 11.6 Å². The lowest BCUT2D eigenvalue weighted by molar-refractivity contribution is 0.101. The Morgan fingerprint density at radius 3 is 2.09 bits per heavy atom. The van der Waals surface area contributed by atoms with Crippen LogP contribution in [0.3, 0.4) is 0 Å². The van der Waals surface area contributed by atoms with Crippen molar-refractivity contribution >= 4 is 11.9 Å². The first kappa shape index (κ1) is 45.6. The molecule has 0 aliphatic carbocycles. The van der Waals surface area contributed by atoms with Crippen LogP contribution in [0.1, 0.15) is 133 Å². The molecule has 5 heteroatoms. The number of nitrogens with two attached hydrogens (primary N) is 1. The zero-order valence-electron chi connectivity index (χ0n) is 31.7. The molecule has 0 radical (unpaired) electrons. The maximum absolute atomic E-state index is 12.5. The summed E-state index contributed by atoms with van der Waals surface area (Å²) in [5.41, 5.74) is 14.3. The Morgan fingerprint density at radius 2 is 1.62 bits per heavy atom. The summed E-state index contributed by atoms with van der Waals surface area (Å²) in [6, 6.07) is 14.3. The van der Waals surface area contributed by atoms with Gasteiger partial charge in [-0.25, -0.2) is 4.39 Å². The molecule has 262 valence electrons. The lowest BCUT2D eigenvalue weighted by Gasteiger charge is -2.11. The molecule has 4 nitrogen and oxygen atoms in total. The van der Waals surface area contributed by atoms with Gasteiger partial charge in [-0.15, -0.1) is 0 Å². The van der Waals surface area contributed by atoms with Crippen LogP contribution in [-0.2, 0) is 6.42 Å². The van der Waals surface area contributed by atoms with Crippen LogP contribution in [-0.4, -0.2) is 23.4 Å². The number of Topliss-reactive ketones (excluding diaryl/α,β-unsaturated/α-hetero) is 1. The van der Waals surface area contributed by atoms with E-state index in [9.17, 15) is 9.18 Å². The van der Waals surface area contributed by atoms with Crippen LogP contribution in [0.2, 0.25) is 0 Å². The maximum Gasteiger partial charge on any atom is 0.159 e. The third-order valence-corrected chi connectivity index (χ3v) is 7.41. The highest BCUT2D eigenvalue weighted by Gasteiger charge is 2.08. The average Bonchev–Trinajstić information content (AvgIpc) is 3.07. The maximum atomic E-state index is 12.5. The SMILES string of the molecule is C=C(C)/C(C)=C/c1ccccc1C.CC.CCCCC(N)CC.CCCOc1cc(C(C)=O)cc(C)c1C.CCc1ccncc1F. The van der Waals surface area contributed by atoms with Crippen molar-refractivity contribution in [2.24, 2.45) is 5.73 Å². The van der Waals surface area contributed by atoms with Gasteiger partial charge in [0.2, 0.25) is 0 Å². The molecule has 0 aliphatic rings. The van der Waals surface area contributed by atoms with Gasteiger partial charge in [0, 0.05) is 17.8 Å². The second-order valence-electron chi connectivity index (χ2n) is 11.4. The van der Waals surface area contributed by atoms with E-state index in [1.54, 1.807) is 19.2 Å². The molecule has 1 heterocycles. The molecule has 0 amide bonds. The average molecular weight is 649 g/mol. The molecule has 1 unspecified atom stereocenters. The highest BCUT2D eigenvalue weighted by molar-refractivity contribution is 5.94. The number of unbranched alkanes of at least 4 members (excludes halogenated alkanes) is 1. The van der Waals surface area contributed by atoms with E-state index >= 15 is 0 Å². The number of nitrogens with zero attached hydrogens (tertiary/aromatic N) is 1. The predicted octanol–water partition coefficient (Wildman–Crippen LogP) is 12.0. The number of ether oxygens (including phenoxy) is 1. The van der Waals surface area contributed by atoms with Crippen molar-refractivity contribution in [3.8, 4) is 5.75 Å². The normalized spacial score (nSPS) is 10.7. The molecule has 0 saturated carbocycles. The van der Waals surface area contributed by atoms with Crippen molar-refractivity contribution in [3.05, 3.63) is 112 Å². The van der Waals surface area contributed by atoms with Gasteiger partial charge in [-0.1, -0.05) is 96.9 Å². The van der Waals surface area contributed by atoms with Crippen molar-refractivity contribution in [1.82, 2.24) is 4.98 Å². The third-order valence-electron chi connectivity index (χ3n) is 7.41. The van der Waals surface area contributed by atoms with E-state index in [1.165, 1.54) is 42.2 Å². The number of rotatable bonds is 11. The van der Waals surface area contributed by atoms with Gasteiger partial charge >= 0.3 is 0 Å². The van der Waals surface area contributed by atoms with Crippen LogP contribution in [0.5, 0.6) is 5.75 Å². The molecule has 3 rings (SSSR count). The number of aromatic nitrogens is 1. The number of ketones is 1. The van der Waals surface area contributed by atoms with E-state index in [2.05, 4.69) is 76.5 Å². The molecular weight excluding hydrogens is 583 g/mol. The monoisotopic (exact) mass is 649 g/mol. The summed E-state index contributed by atoms with van der Waals surface area (Å²) < 4.78 is 18.1. The fourth-order valence-corrected chi connectivity index (χ4v) is 3.86. The summed E-state index contributed by atoms with van der Waals surface area (Å²) in [6.45, 7) is 28.8. The fourth-order valence-electron chi connectivity index (χ4n) is 3.86. The number of halogens is 1. The van der Waals surface area contributed by atoms with E-state index in [0.29, 0.717) is 12.6 Å². The Hall–Kier alpha value is -3.57. The highest BCUT2D eigenvalue weighted by atomic mass is 19.1. The molecule has 47 heavy (non-hydrogen) atoms. The van der Waals surface area contributed by atoms with Gasteiger partial charge in [-0.05, 0) is 119 Å². The van der Waals surface area contributed by atoms with Gasteiger partial charge in [0.05, 0.1) is 12.8 Å². The van der Waals surface area contributed by atoms with E-state index in [4.69, 9.17) is 10.5 Å². The number of hydrogen-bond acceptors (Lipinski definition) is 4. The standard InChI is InChI=1S/C13H18O2.C13H16.C7H8FN.C7H17N.C2H6/c1-5-6-15-13-8-12(11(4)14)7-9(2)10(13)3;1-10(2)12(4)9-13-8-6-5-7-11(13)3;1-2-6-3-4-9-5-7(6)8;1-3-5-6-7(8)4-2;1-2/h7-8H,5-6H2,1-4H3;5-9H,1H2,2-4H3;3-5H,2H2,1H3;7H,3-6,8H2,1-2H3;1-2H3/b;12-9+;;;. The van der Waals surface area contributed by atoms with E-state index < -0.39 is 0 Å². The smallest absolute Gasteiger partial charge is 0.159 e. The predicted molar refractivity (Wildman–Crippen MR) is 204 cm³/mol. The second kappa shape index (κ2) is 27.5. The van der Waals surface area contributed by atoms with Crippen LogP contribution in [0, 0.1) is 26.6 Å². The molecule has 0 aliphatic heterocycles. The summed E-state index contributed by atoms with van der Waals surface area (Å²) in [7, 11) is 0. The van der Waals surface area contributed by atoms with Crippen LogP contribution < -0.4 is 10.5 Å². The van der Waals surface area contributed by atoms with Gasteiger partial charge in [0.25, 0.3) is 0 Å². The number of carbonyl (C=O) groups is 1. The van der Waals surface area contributed by atoms with Gasteiger partial charge in [0.15, 0.2) is 5.78 Å². The van der Waals surface area contributed by atoms with Crippen molar-refractivity contribution in [3.63, 3.8) is 0 Å².